The minimum atomic E-state index is -0.697. The fraction of sp³-hybridized carbons (Fsp3) is 0.357. The van der Waals surface area contributed by atoms with Crippen LogP contribution in [0, 0.1) is 0 Å². The van der Waals surface area contributed by atoms with Crippen molar-refractivity contribution >= 4 is 0 Å². The van der Waals surface area contributed by atoms with Gasteiger partial charge in [0.1, 0.15) is 11.9 Å². The van der Waals surface area contributed by atoms with Gasteiger partial charge in [0, 0.05) is 26.0 Å². The number of aliphatic hydroxyl groups excluding tert-OH is 1. The first-order chi connectivity index (χ1) is 8.76. The summed E-state index contributed by atoms with van der Waals surface area (Å²) in [5.74, 6) is 0.673. The summed E-state index contributed by atoms with van der Waals surface area (Å²) in [6.07, 6.45) is 2.88. The van der Waals surface area contributed by atoms with Gasteiger partial charge in [0.25, 0.3) is 0 Å². The zero-order chi connectivity index (χ0) is 13.0. The molecule has 0 fully saturated rings. The summed E-state index contributed by atoms with van der Waals surface area (Å²) in [5.41, 5.74) is 1.88. The van der Waals surface area contributed by atoms with E-state index in [4.69, 9.17) is 4.74 Å². The highest BCUT2D eigenvalue weighted by molar-refractivity contribution is 5.28. The smallest absolute Gasteiger partial charge is 0.142 e. The van der Waals surface area contributed by atoms with E-state index in [2.05, 4.69) is 4.98 Å². The molecule has 0 saturated carbocycles. The van der Waals surface area contributed by atoms with Gasteiger partial charge in [-0.15, -0.1) is 0 Å². The summed E-state index contributed by atoms with van der Waals surface area (Å²) < 4.78 is 7.03. The molecule has 2 aromatic rings. The van der Waals surface area contributed by atoms with Crippen molar-refractivity contribution in [2.45, 2.75) is 26.2 Å². The minimum Gasteiger partial charge on any atom is -0.380 e. The highest BCUT2D eigenvalue weighted by Crippen LogP contribution is 2.21. The maximum atomic E-state index is 10.4. The van der Waals surface area contributed by atoms with Gasteiger partial charge in [-0.2, -0.15) is 0 Å². The number of benzene rings is 1. The summed E-state index contributed by atoms with van der Waals surface area (Å²) in [4.78, 5) is 4.22. The van der Waals surface area contributed by atoms with E-state index < -0.39 is 6.10 Å². The van der Waals surface area contributed by atoms with Gasteiger partial charge in [-0.05, 0) is 18.1 Å². The van der Waals surface area contributed by atoms with E-state index in [1.165, 1.54) is 0 Å². The lowest BCUT2D eigenvalue weighted by molar-refractivity contribution is 0.183. The van der Waals surface area contributed by atoms with Crippen LogP contribution in [0.4, 0.5) is 0 Å². The number of hydrogen-bond donors (Lipinski definition) is 1. The molecule has 2 rings (SSSR count). The Bertz CT molecular complexity index is 508. The number of ether oxygens (including phenoxy) is 1. The van der Waals surface area contributed by atoms with Gasteiger partial charge in [-0.25, -0.2) is 4.98 Å². The summed E-state index contributed by atoms with van der Waals surface area (Å²) in [5, 5.41) is 10.4. The standard InChI is InChI=1S/C14H18N2O2/c1-3-16-8-7-15-14(16)13(17)12-6-4-5-11(9-12)10-18-2/h4-9,13,17H,3,10H2,1-2H3. The van der Waals surface area contributed by atoms with Crippen molar-refractivity contribution in [3.63, 3.8) is 0 Å². The molecule has 4 heteroatoms. The van der Waals surface area contributed by atoms with Crippen LogP contribution >= 0.6 is 0 Å². The molecular weight excluding hydrogens is 228 g/mol. The lowest BCUT2D eigenvalue weighted by Gasteiger charge is -2.13. The van der Waals surface area contributed by atoms with E-state index in [1.54, 1.807) is 13.3 Å². The predicted molar refractivity (Wildman–Crippen MR) is 69.1 cm³/mol. The first kappa shape index (κ1) is 12.8. The zero-order valence-corrected chi connectivity index (χ0v) is 10.7. The second kappa shape index (κ2) is 5.80. The number of rotatable bonds is 5. The van der Waals surface area contributed by atoms with E-state index in [9.17, 15) is 5.11 Å². The van der Waals surface area contributed by atoms with Crippen LogP contribution in [-0.4, -0.2) is 21.8 Å². The van der Waals surface area contributed by atoms with E-state index in [0.717, 1.165) is 17.7 Å². The molecular formula is C14H18N2O2. The molecule has 18 heavy (non-hydrogen) atoms. The normalized spacial score (nSPS) is 12.6. The van der Waals surface area contributed by atoms with Gasteiger partial charge < -0.3 is 14.4 Å². The molecule has 4 nitrogen and oxygen atoms in total. The average molecular weight is 246 g/mol. The fourth-order valence-corrected chi connectivity index (χ4v) is 2.00. The van der Waals surface area contributed by atoms with Crippen LogP contribution in [0.3, 0.4) is 0 Å². The fourth-order valence-electron chi connectivity index (χ4n) is 2.00. The van der Waals surface area contributed by atoms with E-state index in [0.29, 0.717) is 12.4 Å². The molecule has 1 aromatic heterocycles. The number of aromatic nitrogens is 2. The molecule has 1 N–H and O–H groups in total. The maximum Gasteiger partial charge on any atom is 0.142 e. The van der Waals surface area contributed by atoms with Crippen LogP contribution in [0.5, 0.6) is 0 Å². The van der Waals surface area contributed by atoms with Gasteiger partial charge >= 0.3 is 0 Å². The van der Waals surface area contributed by atoms with Crippen molar-refractivity contribution in [3.8, 4) is 0 Å². The quantitative estimate of drug-likeness (QED) is 0.879. The monoisotopic (exact) mass is 246 g/mol. The van der Waals surface area contributed by atoms with Crippen molar-refractivity contribution in [3.05, 3.63) is 53.6 Å². The number of imidazole rings is 1. The zero-order valence-electron chi connectivity index (χ0n) is 10.7. The van der Waals surface area contributed by atoms with Crippen molar-refractivity contribution in [1.82, 2.24) is 9.55 Å². The van der Waals surface area contributed by atoms with Crippen molar-refractivity contribution < 1.29 is 9.84 Å². The predicted octanol–water partition coefficient (Wildman–Crippen LogP) is 2.13. The lowest BCUT2D eigenvalue weighted by atomic mass is 10.1. The average Bonchev–Trinajstić information content (AvgIpc) is 2.87. The Hall–Kier alpha value is -1.65. The van der Waals surface area contributed by atoms with Crippen LogP contribution in [-0.2, 0) is 17.9 Å². The molecule has 96 valence electrons. The highest BCUT2D eigenvalue weighted by Gasteiger charge is 2.15. The summed E-state index contributed by atoms with van der Waals surface area (Å²) in [7, 11) is 1.66. The van der Waals surface area contributed by atoms with Crippen molar-refractivity contribution in [1.29, 1.82) is 0 Å². The highest BCUT2D eigenvalue weighted by atomic mass is 16.5. The molecule has 0 spiro atoms. The number of hydrogen-bond acceptors (Lipinski definition) is 3. The lowest BCUT2D eigenvalue weighted by Crippen LogP contribution is -2.09. The summed E-state index contributed by atoms with van der Waals surface area (Å²) >= 11 is 0. The molecule has 0 aliphatic heterocycles. The summed E-state index contributed by atoms with van der Waals surface area (Å²) in [6, 6.07) is 7.75. The first-order valence-electron chi connectivity index (χ1n) is 6.03. The van der Waals surface area contributed by atoms with Gasteiger partial charge in [-0.3, -0.25) is 0 Å². The molecule has 0 aliphatic carbocycles. The van der Waals surface area contributed by atoms with Gasteiger partial charge in [0.05, 0.1) is 6.61 Å². The van der Waals surface area contributed by atoms with Gasteiger partial charge in [0.15, 0.2) is 0 Å². The molecule has 0 radical (unpaired) electrons. The molecule has 1 aromatic carbocycles. The Balaban J connectivity index is 2.28. The third-order valence-electron chi connectivity index (χ3n) is 2.91. The number of nitrogens with zero attached hydrogens (tertiary/aromatic N) is 2. The number of aryl methyl sites for hydroxylation is 1. The van der Waals surface area contributed by atoms with E-state index >= 15 is 0 Å². The number of methoxy groups -OCH3 is 1. The van der Waals surface area contributed by atoms with Crippen LogP contribution < -0.4 is 0 Å². The van der Waals surface area contributed by atoms with E-state index in [-0.39, 0.29) is 0 Å². The Morgan fingerprint density at radius 3 is 3.00 bits per heavy atom. The molecule has 0 amide bonds. The molecule has 1 heterocycles. The topological polar surface area (TPSA) is 47.3 Å². The van der Waals surface area contributed by atoms with Crippen LogP contribution in [0.1, 0.15) is 30.0 Å². The molecule has 0 aliphatic rings. The Morgan fingerprint density at radius 2 is 2.28 bits per heavy atom. The van der Waals surface area contributed by atoms with Crippen molar-refractivity contribution in [2.24, 2.45) is 0 Å². The third kappa shape index (κ3) is 2.60. The van der Waals surface area contributed by atoms with Crippen LogP contribution in [0.15, 0.2) is 36.7 Å². The van der Waals surface area contributed by atoms with Crippen molar-refractivity contribution in [2.75, 3.05) is 7.11 Å². The van der Waals surface area contributed by atoms with Gasteiger partial charge in [-0.1, -0.05) is 24.3 Å². The van der Waals surface area contributed by atoms with Crippen LogP contribution in [0.25, 0.3) is 0 Å². The molecule has 0 bridgehead atoms. The number of aliphatic hydroxyl groups is 1. The maximum absolute atomic E-state index is 10.4. The SMILES string of the molecule is CCn1ccnc1C(O)c1cccc(COC)c1. The summed E-state index contributed by atoms with van der Waals surface area (Å²) in [6.45, 7) is 3.37. The Morgan fingerprint density at radius 1 is 1.44 bits per heavy atom. The first-order valence-corrected chi connectivity index (χ1v) is 6.03. The molecule has 1 unspecified atom stereocenters. The van der Waals surface area contributed by atoms with Gasteiger partial charge in [0.2, 0.25) is 0 Å². The molecule has 0 saturated heterocycles. The largest absolute Gasteiger partial charge is 0.380 e. The third-order valence-corrected chi connectivity index (χ3v) is 2.91. The Labute approximate surface area is 107 Å². The van der Waals surface area contributed by atoms with Crippen LogP contribution in [0.2, 0.25) is 0 Å². The molecule has 1 atom stereocenters. The van der Waals surface area contributed by atoms with E-state index in [1.807, 2.05) is 42.0 Å². The minimum absolute atomic E-state index is 0.544. The second-order valence-electron chi connectivity index (χ2n) is 4.15. The second-order valence-corrected chi connectivity index (χ2v) is 4.15. The Kier molecular flexibility index (Phi) is 4.12.